The van der Waals surface area contributed by atoms with Gasteiger partial charge in [-0.3, -0.25) is 0 Å². The summed E-state index contributed by atoms with van der Waals surface area (Å²) in [7, 11) is 0.580. The van der Waals surface area contributed by atoms with E-state index in [0.717, 1.165) is 0 Å². The first-order valence-corrected chi connectivity index (χ1v) is 4.37. The third-order valence-corrected chi connectivity index (χ3v) is 1.55. The Morgan fingerprint density at radius 2 is 2.00 bits per heavy atom. The molecule has 0 N–H and O–H groups in total. The number of hydrogen-bond acceptors (Lipinski definition) is 3. The van der Waals surface area contributed by atoms with Crippen molar-refractivity contribution in [2.75, 3.05) is 6.79 Å². The van der Waals surface area contributed by atoms with Crippen molar-refractivity contribution in [1.29, 1.82) is 0 Å². The van der Waals surface area contributed by atoms with Crippen LogP contribution in [0.15, 0.2) is 30.3 Å². The molecule has 0 heterocycles. The second kappa shape index (κ2) is 4.69. The van der Waals surface area contributed by atoms with Crippen molar-refractivity contribution in [3.63, 3.8) is 0 Å². The molecule has 1 rings (SSSR count). The van der Waals surface area contributed by atoms with Crippen molar-refractivity contribution in [3.8, 4) is 0 Å². The molecule has 4 heteroatoms. The van der Waals surface area contributed by atoms with Crippen LogP contribution < -0.4 is 0 Å². The average Bonchev–Trinajstić information content (AvgIpc) is 2.15. The second-order valence-electron chi connectivity index (χ2n) is 2.20. The molecule has 0 amide bonds. The minimum absolute atomic E-state index is 0.0555. The molecule has 0 bridgehead atoms. The van der Waals surface area contributed by atoms with E-state index in [1.165, 1.54) is 0 Å². The number of rotatable bonds is 3. The van der Waals surface area contributed by atoms with Crippen LogP contribution in [0.2, 0.25) is 0 Å². The molecule has 0 unspecified atom stereocenters. The molecule has 0 saturated carbocycles. The molecule has 3 nitrogen and oxygen atoms in total. The van der Waals surface area contributed by atoms with Gasteiger partial charge in [0, 0.05) is 0 Å². The lowest BCUT2D eigenvalue weighted by atomic mass is 10.2. The SMILES string of the molecule is O=C(OCO[SiH3])c1ccccc1. The van der Waals surface area contributed by atoms with Gasteiger partial charge < -0.3 is 9.16 Å². The summed E-state index contributed by atoms with van der Waals surface area (Å²) in [5.74, 6) is -0.341. The third-order valence-electron chi connectivity index (χ3n) is 1.32. The normalized spacial score (nSPS) is 9.67. The average molecular weight is 182 g/mol. The summed E-state index contributed by atoms with van der Waals surface area (Å²) in [6, 6.07) is 8.83. The lowest BCUT2D eigenvalue weighted by Crippen LogP contribution is -2.07. The largest absolute Gasteiger partial charge is 0.436 e. The second-order valence-corrected chi connectivity index (χ2v) is 2.78. The maximum absolute atomic E-state index is 11.1. The minimum atomic E-state index is -0.341. The van der Waals surface area contributed by atoms with Crippen molar-refractivity contribution >= 4 is 16.5 Å². The van der Waals surface area contributed by atoms with Crippen molar-refractivity contribution in [3.05, 3.63) is 35.9 Å². The van der Waals surface area contributed by atoms with Gasteiger partial charge in [0.25, 0.3) is 0 Å². The molecule has 0 aliphatic heterocycles. The number of ether oxygens (including phenoxy) is 1. The van der Waals surface area contributed by atoms with E-state index in [1.54, 1.807) is 24.3 Å². The van der Waals surface area contributed by atoms with Crippen LogP contribution >= 0.6 is 0 Å². The van der Waals surface area contributed by atoms with Crippen LogP contribution in [0.25, 0.3) is 0 Å². The lowest BCUT2D eigenvalue weighted by molar-refractivity contribution is 0.0178. The Morgan fingerprint density at radius 3 is 2.58 bits per heavy atom. The van der Waals surface area contributed by atoms with Gasteiger partial charge >= 0.3 is 5.97 Å². The maximum Gasteiger partial charge on any atom is 0.340 e. The fourth-order valence-electron chi connectivity index (χ4n) is 0.770. The van der Waals surface area contributed by atoms with Crippen molar-refractivity contribution in [1.82, 2.24) is 0 Å². The van der Waals surface area contributed by atoms with Gasteiger partial charge in [0.15, 0.2) is 6.79 Å². The summed E-state index contributed by atoms with van der Waals surface area (Å²) in [5.41, 5.74) is 0.552. The Kier molecular flexibility index (Phi) is 3.50. The van der Waals surface area contributed by atoms with Gasteiger partial charge in [-0.2, -0.15) is 0 Å². The quantitative estimate of drug-likeness (QED) is 0.378. The van der Waals surface area contributed by atoms with Gasteiger partial charge in [-0.25, -0.2) is 4.79 Å². The van der Waals surface area contributed by atoms with E-state index in [1.807, 2.05) is 6.07 Å². The van der Waals surface area contributed by atoms with Crippen molar-refractivity contribution in [2.24, 2.45) is 0 Å². The van der Waals surface area contributed by atoms with Gasteiger partial charge in [-0.05, 0) is 12.1 Å². The highest BCUT2D eigenvalue weighted by atomic mass is 28.2. The van der Waals surface area contributed by atoms with Crippen LogP contribution in [-0.2, 0) is 9.16 Å². The molecule has 0 radical (unpaired) electrons. The predicted octanol–water partition coefficient (Wildman–Crippen LogP) is 0.0979. The standard InChI is InChI=1S/C8H10O3Si/c9-8(10-6-11-12)7-4-2-1-3-5-7/h1-5H,6H2,12H3. The highest BCUT2D eigenvalue weighted by Gasteiger charge is 2.03. The topological polar surface area (TPSA) is 35.5 Å². The molecule has 0 aromatic heterocycles. The number of esters is 1. The van der Waals surface area contributed by atoms with E-state index in [0.29, 0.717) is 16.0 Å². The molecule has 64 valence electrons. The molecule has 0 saturated heterocycles. The van der Waals surface area contributed by atoms with Gasteiger partial charge in [0.05, 0.1) is 5.56 Å². The van der Waals surface area contributed by atoms with Crippen molar-refractivity contribution in [2.45, 2.75) is 0 Å². The number of benzene rings is 1. The zero-order valence-electron chi connectivity index (χ0n) is 6.82. The Balaban J connectivity index is 2.54. The van der Waals surface area contributed by atoms with Gasteiger partial charge in [0.1, 0.15) is 10.5 Å². The molecular formula is C8H10O3Si. The van der Waals surface area contributed by atoms with E-state index in [-0.39, 0.29) is 12.8 Å². The van der Waals surface area contributed by atoms with Gasteiger partial charge in [-0.1, -0.05) is 18.2 Å². The van der Waals surface area contributed by atoms with Crippen LogP contribution in [0.1, 0.15) is 10.4 Å². The molecule has 0 aliphatic carbocycles. The molecule has 0 aliphatic rings. The van der Waals surface area contributed by atoms with Crippen molar-refractivity contribution < 1.29 is 14.0 Å². The fourth-order valence-corrected chi connectivity index (χ4v) is 0.888. The van der Waals surface area contributed by atoms with Crippen LogP contribution in [0.5, 0.6) is 0 Å². The van der Waals surface area contributed by atoms with E-state index in [4.69, 9.17) is 9.16 Å². The van der Waals surface area contributed by atoms with Crippen LogP contribution in [0, 0.1) is 0 Å². The first kappa shape index (κ1) is 8.96. The summed E-state index contributed by atoms with van der Waals surface area (Å²) < 4.78 is 9.48. The maximum atomic E-state index is 11.1. The van der Waals surface area contributed by atoms with E-state index in [9.17, 15) is 4.79 Å². The number of carbonyl (C=O) groups excluding carboxylic acids is 1. The summed E-state index contributed by atoms with van der Waals surface area (Å²) >= 11 is 0. The first-order valence-electron chi connectivity index (χ1n) is 3.55. The predicted molar refractivity (Wildman–Crippen MR) is 47.7 cm³/mol. The molecular weight excluding hydrogens is 172 g/mol. The van der Waals surface area contributed by atoms with E-state index < -0.39 is 0 Å². The molecule has 0 spiro atoms. The van der Waals surface area contributed by atoms with E-state index >= 15 is 0 Å². The smallest absolute Gasteiger partial charge is 0.340 e. The first-order chi connectivity index (χ1) is 5.84. The highest BCUT2D eigenvalue weighted by molar-refractivity contribution is 5.98. The summed E-state index contributed by atoms with van der Waals surface area (Å²) in [6.45, 7) is 0.0555. The Labute approximate surface area is 73.8 Å². The van der Waals surface area contributed by atoms with Crippen LogP contribution in [0.4, 0.5) is 0 Å². The van der Waals surface area contributed by atoms with Crippen LogP contribution in [0.3, 0.4) is 0 Å². The molecule has 1 aromatic carbocycles. The summed E-state index contributed by atoms with van der Waals surface area (Å²) in [6.07, 6.45) is 0. The van der Waals surface area contributed by atoms with Crippen LogP contribution in [-0.4, -0.2) is 23.2 Å². The van der Waals surface area contributed by atoms with E-state index in [2.05, 4.69) is 0 Å². The van der Waals surface area contributed by atoms with Gasteiger partial charge in [0.2, 0.25) is 0 Å². The third kappa shape index (κ3) is 2.48. The summed E-state index contributed by atoms with van der Waals surface area (Å²) in [4.78, 5) is 11.1. The summed E-state index contributed by atoms with van der Waals surface area (Å²) in [5, 5.41) is 0. The Morgan fingerprint density at radius 1 is 1.33 bits per heavy atom. The molecule has 0 fully saturated rings. The molecule has 0 atom stereocenters. The number of carbonyl (C=O) groups is 1. The fraction of sp³-hybridized carbons (Fsp3) is 0.125. The number of hydrogen-bond donors (Lipinski definition) is 0. The minimum Gasteiger partial charge on any atom is -0.436 e. The zero-order valence-corrected chi connectivity index (χ0v) is 8.82. The molecule has 1 aromatic rings. The Hall–Kier alpha value is -1.13. The zero-order chi connectivity index (χ0) is 8.81. The monoisotopic (exact) mass is 182 g/mol. The molecule has 12 heavy (non-hydrogen) atoms. The Bertz CT molecular complexity index is 248. The lowest BCUT2D eigenvalue weighted by Gasteiger charge is -2.01. The van der Waals surface area contributed by atoms with Gasteiger partial charge in [-0.15, -0.1) is 0 Å². The highest BCUT2D eigenvalue weighted by Crippen LogP contribution is 2.00.